The Balaban J connectivity index is 1.89. The van der Waals surface area contributed by atoms with Gasteiger partial charge in [0.1, 0.15) is 11.6 Å². The Labute approximate surface area is 184 Å². The summed E-state index contributed by atoms with van der Waals surface area (Å²) in [6, 6.07) is 14.0. The zero-order valence-corrected chi connectivity index (χ0v) is 18.0. The van der Waals surface area contributed by atoms with Crippen LogP contribution < -0.4 is 20.5 Å². The molecule has 0 aliphatic carbocycles. The van der Waals surface area contributed by atoms with E-state index in [9.17, 15) is 22.4 Å². The topological polar surface area (TPSA) is 128 Å². The summed E-state index contributed by atoms with van der Waals surface area (Å²) in [5, 5.41) is 2.49. The lowest BCUT2D eigenvalue weighted by molar-refractivity contribution is 0.0995. The van der Waals surface area contributed by atoms with Gasteiger partial charge in [-0.1, -0.05) is 18.2 Å². The summed E-state index contributed by atoms with van der Waals surface area (Å²) in [5.74, 6) is -1.93. The van der Waals surface area contributed by atoms with E-state index in [0.717, 1.165) is 6.07 Å². The third-order valence-electron chi connectivity index (χ3n) is 4.63. The number of rotatable bonds is 7. The lowest BCUT2D eigenvalue weighted by atomic mass is 10.1. The molecule has 0 bridgehead atoms. The van der Waals surface area contributed by atoms with Crippen molar-refractivity contribution in [2.75, 3.05) is 17.1 Å². The second-order valence-electron chi connectivity index (χ2n) is 6.78. The van der Waals surface area contributed by atoms with E-state index in [1.165, 1.54) is 50.4 Å². The molecule has 166 valence electrons. The first kappa shape index (κ1) is 22.8. The van der Waals surface area contributed by atoms with Gasteiger partial charge in [0.15, 0.2) is 0 Å². The average Bonchev–Trinajstić information content (AvgIpc) is 2.76. The van der Waals surface area contributed by atoms with Gasteiger partial charge in [-0.25, -0.2) is 12.8 Å². The fraction of sp³-hybridized carbons (Fsp3) is 0.0909. The van der Waals surface area contributed by atoms with Crippen LogP contribution in [0, 0.1) is 12.7 Å². The van der Waals surface area contributed by atoms with Crippen LogP contribution in [0.15, 0.2) is 65.6 Å². The monoisotopic (exact) mass is 457 g/mol. The lowest BCUT2D eigenvalue weighted by Gasteiger charge is -2.13. The molecular formula is C22H20FN3O5S. The fourth-order valence-electron chi connectivity index (χ4n) is 2.88. The van der Waals surface area contributed by atoms with Crippen molar-refractivity contribution in [3.63, 3.8) is 0 Å². The van der Waals surface area contributed by atoms with Crippen LogP contribution in [0.1, 0.15) is 26.3 Å². The highest BCUT2D eigenvalue weighted by Gasteiger charge is 2.19. The zero-order chi connectivity index (χ0) is 23.5. The van der Waals surface area contributed by atoms with Gasteiger partial charge in [0.2, 0.25) is 5.91 Å². The van der Waals surface area contributed by atoms with Crippen molar-refractivity contribution < 1.29 is 27.1 Å². The maximum absolute atomic E-state index is 14.1. The van der Waals surface area contributed by atoms with Crippen molar-refractivity contribution >= 4 is 33.2 Å². The maximum atomic E-state index is 14.1. The molecule has 0 aromatic heterocycles. The predicted octanol–water partition coefficient (Wildman–Crippen LogP) is 3.29. The van der Waals surface area contributed by atoms with Gasteiger partial charge in [-0.15, -0.1) is 0 Å². The molecule has 0 saturated heterocycles. The van der Waals surface area contributed by atoms with Gasteiger partial charge in [-0.3, -0.25) is 14.3 Å². The first-order valence-electron chi connectivity index (χ1n) is 9.29. The van der Waals surface area contributed by atoms with E-state index >= 15 is 0 Å². The second-order valence-corrected chi connectivity index (χ2v) is 8.47. The van der Waals surface area contributed by atoms with E-state index in [-0.39, 0.29) is 33.0 Å². The molecule has 3 aromatic carbocycles. The molecule has 0 unspecified atom stereocenters. The van der Waals surface area contributed by atoms with Crippen molar-refractivity contribution in [2.45, 2.75) is 11.8 Å². The molecule has 8 nitrogen and oxygen atoms in total. The van der Waals surface area contributed by atoms with Crippen molar-refractivity contribution in [1.82, 2.24) is 0 Å². The Morgan fingerprint density at radius 1 is 0.969 bits per heavy atom. The van der Waals surface area contributed by atoms with Crippen LogP contribution in [0.3, 0.4) is 0 Å². The quantitative estimate of drug-likeness (QED) is 0.502. The maximum Gasteiger partial charge on any atom is 0.262 e. The van der Waals surface area contributed by atoms with Crippen LogP contribution in [0.5, 0.6) is 5.75 Å². The minimum atomic E-state index is -4.04. The highest BCUT2D eigenvalue weighted by atomic mass is 32.2. The molecule has 0 saturated carbocycles. The van der Waals surface area contributed by atoms with Crippen LogP contribution in [0.25, 0.3) is 0 Å². The number of ether oxygens (including phenoxy) is 1. The summed E-state index contributed by atoms with van der Waals surface area (Å²) >= 11 is 0. The molecular weight excluding hydrogens is 437 g/mol. The molecule has 0 spiro atoms. The molecule has 32 heavy (non-hydrogen) atoms. The summed E-state index contributed by atoms with van der Waals surface area (Å²) in [4.78, 5) is 23.9. The minimum Gasteiger partial charge on any atom is -0.495 e. The molecule has 3 rings (SSSR count). The minimum absolute atomic E-state index is 0.0113. The molecule has 0 aliphatic rings. The Hall–Kier alpha value is -3.92. The number of carbonyl (C=O) groups excluding carboxylic acids is 2. The van der Waals surface area contributed by atoms with Crippen LogP contribution in [0.4, 0.5) is 15.8 Å². The molecule has 0 atom stereocenters. The standard InChI is InChI=1S/C22H20FN3O5S/c1-13-17(23)11-15(21(24)27)12-19(13)25-22(28)14-6-5-7-16(10-14)32(29,30)26-18-8-3-4-9-20(18)31-2/h3-12,26H,1-2H3,(H2,24,27)(H,25,28). The Morgan fingerprint density at radius 3 is 2.38 bits per heavy atom. The van der Waals surface area contributed by atoms with E-state index in [1.54, 1.807) is 18.2 Å². The molecule has 2 amide bonds. The van der Waals surface area contributed by atoms with E-state index in [0.29, 0.717) is 5.75 Å². The zero-order valence-electron chi connectivity index (χ0n) is 17.2. The number of sulfonamides is 1. The predicted molar refractivity (Wildman–Crippen MR) is 118 cm³/mol. The van der Waals surface area contributed by atoms with Crippen molar-refractivity contribution in [3.05, 3.63) is 83.2 Å². The summed E-state index contributed by atoms with van der Waals surface area (Å²) in [6.07, 6.45) is 0. The van der Waals surface area contributed by atoms with E-state index in [1.807, 2.05) is 0 Å². The van der Waals surface area contributed by atoms with Crippen molar-refractivity contribution in [1.29, 1.82) is 0 Å². The summed E-state index contributed by atoms with van der Waals surface area (Å²) in [7, 11) is -2.63. The smallest absolute Gasteiger partial charge is 0.262 e. The number of para-hydroxylation sites is 2. The molecule has 4 N–H and O–H groups in total. The SMILES string of the molecule is COc1ccccc1NS(=O)(=O)c1cccc(C(=O)Nc2cc(C(N)=O)cc(F)c2C)c1. The number of halogens is 1. The molecule has 0 fully saturated rings. The number of anilines is 2. The number of hydrogen-bond acceptors (Lipinski definition) is 5. The number of primary amides is 1. The van der Waals surface area contributed by atoms with Crippen LogP contribution >= 0.6 is 0 Å². The van der Waals surface area contributed by atoms with Crippen molar-refractivity contribution in [2.24, 2.45) is 5.73 Å². The van der Waals surface area contributed by atoms with Gasteiger partial charge in [-0.05, 0) is 49.4 Å². The fourth-order valence-corrected chi connectivity index (χ4v) is 4.00. The molecule has 0 radical (unpaired) electrons. The summed E-state index contributed by atoms with van der Waals surface area (Å²) in [6.45, 7) is 1.42. The van der Waals surface area contributed by atoms with Crippen LogP contribution in [0.2, 0.25) is 0 Å². The average molecular weight is 457 g/mol. The Bertz CT molecular complexity index is 1310. The number of nitrogens with two attached hydrogens (primary N) is 1. The van der Waals surface area contributed by atoms with Gasteiger partial charge in [0.25, 0.3) is 15.9 Å². The molecule has 3 aromatic rings. The van der Waals surface area contributed by atoms with E-state index < -0.39 is 27.7 Å². The number of nitrogens with one attached hydrogen (secondary N) is 2. The lowest BCUT2D eigenvalue weighted by Crippen LogP contribution is -2.18. The van der Waals surface area contributed by atoms with Gasteiger partial charge in [-0.2, -0.15) is 0 Å². The second kappa shape index (κ2) is 9.06. The number of carbonyl (C=O) groups is 2. The molecule has 0 aliphatic heterocycles. The molecule has 10 heteroatoms. The van der Waals surface area contributed by atoms with Gasteiger partial charge < -0.3 is 15.8 Å². The third-order valence-corrected chi connectivity index (χ3v) is 6.00. The van der Waals surface area contributed by atoms with E-state index in [2.05, 4.69) is 10.0 Å². The van der Waals surface area contributed by atoms with Gasteiger partial charge >= 0.3 is 0 Å². The number of methoxy groups -OCH3 is 1. The Morgan fingerprint density at radius 2 is 1.69 bits per heavy atom. The van der Waals surface area contributed by atoms with Crippen LogP contribution in [-0.2, 0) is 10.0 Å². The van der Waals surface area contributed by atoms with Crippen molar-refractivity contribution in [3.8, 4) is 5.75 Å². The molecule has 0 heterocycles. The number of amides is 2. The first-order valence-corrected chi connectivity index (χ1v) is 10.8. The summed E-state index contributed by atoms with van der Waals surface area (Å²) in [5.41, 5.74) is 5.48. The highest BCUT2D eigenvalue weighted by molar-refractivity contribution is 7.92. The first-order chi connectivity index (χ1) is 15.1. The summed E-state index contributed by atoms with van der Waals surface area (Å²) < 4.78 is 47.3. The number of benzene rings is 3. The Kier molecular flexibility index (Phi) is 6.45. The van der Waals surface area contributed by atoms with Gasteiger partial charge in [0.05, 0.1) is 17.7 Å². The van der Waals surface area contributed by atoms with Gasteiger partial charge in [0, 0.05) is 22.4 Å². The highest BCUT2D eigenvalue weighted by Crippen LogP contribution is 2.27. The number of hydrogen-bond donors (Lipinski definition) is 3. The third kappa shape index (κ3) is 4.86. The van der Waals surface area contributed by atoms with Crippen LogP contribution in [-0.4, -0.2) is 27.3 Å². The van der Waals surface area contributed by atoms with E-state index in [4.69, 9.17) is 10.5 Å². The largest absolute Gasteiger partial charge is 0.495 e. The normalized spacial score (nSPS) is 11.0.